The molecule has 0 aromatic rings. The van der Waals surface area contributed by atoms with Gasteiger partial charge in [0, 0.05) is 20.0 Å². The molecule has 1 N–H and O–H groups in total. The van der Waals surface area contributed by atoms with Gasteiger partial charge in [-0.3, -0.25) is 4.79 Å². The molecule has 3 nitrogen and oxygen atoms in total. The molecule has 2 aliphatic heterocycles. The zero-order valence-corrected chi connectivity index (χ0v) is 10.3. The molecule has 0 radical (unpaired) electrons. The summed E-state index contributed by atoms with van der Waals surface area (Å²) in [5, 5.41) is 3.36. The average molecular weight is 212 g/mol. The van der Waals surface area contributed by atoms with Crippen LogP contribution in [0.25, 0.3) is 0 Å². The lowest BCUT2D eigenvalue weighted by Gasteiger charge is -2.42. The summed E-state index contributed by atoms with van der Waals surface area (Å²) in [6.45, 7) is 7.15. The Hall–Kier alpha value is -0.570. The highest BCUT2D eigenvalue weighted by molar-refractivity contribution is 5.77. The van der Waals surface area contributed by atoms with E-state index in [1.54, 1.807) is 0 Å². The van der Waals surface area contributed by atoms with E-state index < -0.39 is 0 Å². The molecule has 3 heteroatoms. The van der Waals surface area contributed by atoms with E-state index in [1.165, 1.54) is 19.3 Å². The van der Waals surface area contributed by atoms with E-state index in [0.29, 0.717) is 11.3 Å². The summed E-state index contributed by atoms with van der Waals surface area (Å²) in [4.78, 5) is 13.4. The second-order valence-corrected chi connectivity index (χ2v) is 4.49. The lowest BCUT2D eigenvalue weighted by Crippen LogP contribution is -2.46. The Morgan fingerprint density at radius 1 is 1.20 bits per heavy atom. The van der Waals surface area contributed by atoms with E-state index in [0.717, 1.165) is 26.1 Å². The van der Waals surface area contributed by atoms with Crippen molar-refractivity contribution in [2.75, 3.05) is 26.7 Å². The van der Waals surface area contributed by atoms with Gasteiger partial charge in [0.1, 0.15) is 0 Å². The van der Waals surface area contributed by atoms with Crippen molar-refractivity contribution in [3.63, 3.8) is 0 Å². The Labute approximate surface area is 93.2 Å². The molecule has 1 spiro atoms. The highest BCUT2D eigenvalue weighted by Gasteiger charge is 2.38. The summed E-state index contributed by atoms with van der Waals surface area (Å²) < 4.78 is 0. The summed E-state index contributed by atoms with van der Waals surface area (Å²) in [5.41, 5.74) is 0.356. The number of rotatable bonds is 0. The predicted molar refractivity (Wildman–Crippen MR) is 62.8 cm³/mol. The van der Waals surface area contributed by atoms with Crippen LogP contribution in [0.1, 0.15) is 39.5 Å². The van der Waals surface area contributed by atoms with Crippen molar-refractivity contribution in [3.8, 4) is 0 Å². The minimum absolute atomic E-state index is 0.341. The van der Waals surface area contributed by atoms with E-state index in [4.69, 9.17) is 0 Å². The first-order valence-corrected chi connectivity index (χ1v) is 6.17. The van der Waals surface area contributed by atoms with Gasteiger partial charge in [-0.2, -0.15) is 0 Å². The topological polar surface area (TPSA) is 32.3 Å². The van der Waals surface area contributed by atoms with Crippen LogP contribution in [-0.2, 0) is 4.79 Å². The number of hydrogen-bond donors (Lipinski definition) is 1. The zero-order valence-electron chi connectivity index (χ0n) is 10.3. The number of hydrogen-bond acceptors (Lipinski definition) is 2. The molecule has 2 heterocycles. The highest BCUT2D eigenvalue weighted by atomic mass is 16.2. The third kappa shape index (κ3) is 2.94. The summed E-state index contributed by atoms with van der Waals surface area (Å²) in [6.07, 6.45) is 4.36. The van der Waals surface area contributed by atoms with Gasteiger partial charge in [-0.05, 0) is 37.8 Å². The Bertz CT molecular complexity index is 210. The van der Waals surface area contributed by atoms with Crippen molar-refractivity contribution in [1.29, 1.82) is 0 Å². The van der Waals surface area contributed by atoms with Crippen LogP contribution in [0, 0.1) is 5.41 Å². The molecule has 1 amide bonds. The molecule has 0 aromatic carbocycles. The highest BCUT2D eigenvalue weighted by Crippen LogP contribution is 2.39. The fourth-order valence-corrected chi connectivity index (χ4v) is 2.46. The first-order valence-electron chi connectivity index (χ1n) is 6.17. The zero-order chi connectivity index (χ0) is 11.3. The number of amides is 1. The molecule has 0 saturated carbocycles. The first-order chi connectivity index (χ1) is 7.22. The number of likely N-dealkylation sites (tertiary alicyclic amines) is 1. The van der Waals surface area contributed by atoms with Crippen molar-refractivity contribution in [3.05, 3.63) is 0 Å². The number of carbonyl (C=O) groups excluding carboxylic acids is 1. The van der Waals surface area contributed by atoms with Gasteiger partial charge in [0.15, 0.2) is 0 Å². The molecule has 2 aliphatic rings. The molecule has 2 fully saturated rings. The van der Waals surface area contributed by atoms with Gasteiger partial charge in [0.25, 0.3) is 0 Å². The molecule has 0 atom stereocenters. The number of nitrogens with one attached hydrogen (secondary N) is 1. The molecule has 0 aliphatic carbocycles. The van der Waals surface area contributed by atoms with Gasteiger partial charge in [-0.1, -0.05) is 13.8 Å². The van der Waals surface area contributed by atoms with Crippen LogP contribution in [0.3, 0.4) is 0 Å². The Morgan fingerprint density at radius 2 is 1.80 bits per heavy atom. The van der Waals surface area contributed by atoms with E-state index in [1.807, 2.05) is 25.8 Å². The minimum atomic E-state index is 0.341. The smallest absolute Gasteiger partial charge is 0.222 e. The van der Waals surface area contributed by atoms with Crippen molar-refractivity contribution >= 4 is 5.91 Å². The number of piperidine rings is 2. The van der Waals surface area contributed by atoms with Crippen LogP contribution in [-0.4, -0.2) is 37.5 Å². The lowest BCUT2D eigenvalue weighted by molar-refractivity contribution is -0.137. The van der Waals surface area contributed by atoms with Gasteiger partial charge < -0.3 is 10.2 Å². The molecule has 0 aromatic heterocycles. The van der Waals surface area contributed by atoms with Gasteiger partial charge in [-0.25, -0.2) is 0 Å². The summed E-state index contributed by atoms with van der Waals surface area (Å²) in [6, 6.07) is 0. The SMILES string of the molecule is CC.CN1CCC2(CCNCC2)CC1=O. The van der Waals surface area contributed by atoms with E-state index in [9.17, 15) is 4.79 Å². The van der Waals surface area contributed by atoms with Crippen molar-refractivity contribution in [1.82, 2.24) is 10.2 Å². The Balaban J connectivity index is 0.000000531. The monoisotopic (exact) mass is 212 g/mol. The van der Waals surface area contributed by atoms with Gasteiger partial charge in [0.05, 0.1) is 0 Å². The molecule has 2 rings (SSSR count). The number of nitrogens with zero attached hydrogens (tertiary/aromatic N) is 1. The van der Waals surface area contributed by atoms with Crippen molar-refractivity contribution in [2.45, 2.75) is 39.5 Å². The van der Waals surface area contributed by atoms with E-state index in [-0.39, 0.29) is 0 Å². The Morgan fingerprint density at radius 3 is 2.33 bits per heavy atom. The van der Waals surface area contributed by atoms with E-state index in [2.05, 4.69) is 5.32 Å². The second kappa shape index (κ2) is 5.50. The van der Waals surface area contributed by atoms with Crippen LogP contribution in [0.5, 0.6) is 0 Å². The first kappa shape index (κ1) is 12.5. The van der Waals surface area contributed by atoms with Crippen LogP contribution in [0.2, 0.25) is 0 Å². The summed E-state index contributed by atoms with van der Waals surface area (Å²) in [7, 11) is 1.91. The van der Waals surface area contributed by atoms with Crippen LogP contribution < -0.4 is 5.32 Å². The third-order valence-electron chi connectivity index (χ3n) is 3.59. The van der Waals surface area contributed by atoms with Gasteiger partial charge in [-0.15, -0.1) is 0 Å². The standard InChI is InChI=1S/C10H18N2O.C2H6/c1-12-7-4-10(8-9(12)13)2-5-11-6-3-10;1-2/h11H,2-8H2,1H3;1-2H3. The van der Waals surface area contributed by atoms with Crippen LogP contribution in [0.4, 0.5) is 0 Å². The van der Waals surface area contributed by atoms with Gasteiger partial charge >= 0.3 is 0 Å². The molecule has 0 unspecified atom stereocenters. The molecular formula is C12H24N2O. The summed E-state index contributed by atoms with van der Waals surface area (Å²) >= 11 is 0. The molecule has 15 heavy (non-hydrogen) atoms. The lowest BCUT2D eigenvalue weighted by atomic mass is 9.71. The fraction of sp³-hybridized carbons (Fsp3) is 0.917. The molecule has 2 saturated heterocycles. The molecule has 88 valence electrons. The largest absolute Gasteiger partial charge is 0.346 e. The van der Waals surface area contributed by atoms with Crippen molar-refractivity contribution < 1.29 is 4.79 Å². The maximum atomic E-state index is 11.6. The molecular weight excluding hydrogens is 188 g/mol. The van der Waals surface area contributed by atoms with Crippen LogP contribution >= 0.6 is 0 Å². The fourth-order valence-electron chi connectivity index (χ4n) is 2.46. The third-order valence-corrected chi connectivity index (χ3v) is 3.59. The maximum absolute atomic E-state index is 11.6. The van der Waals surface area contributed by atoms with Gasteiger partial charge in [0.2, 0.25) is 5.91 Å². The minimum Gasteiger partial charge on any atom is -0.346 e. The van der Waals surface area contributed by atoms with E-state index >= 15 is 0 Å². The van der Waals surface area contributed by atoms with Crippen molar-refractivity contribution in [2.24, 2.45) is 5.41 Å². The maximum Gasteiger partial charge on any atom is 0.222 e. The quantitative estimate of drug-likeness (QED) is 0.662. The normalized spacial score (nSPS) is 24.7. The Kier molecular flexibility index (Phi) is 4.58. The summed E-state index contributed by atoms with van der Waals surface area (Å²) in [5.74, 6) is 0.341. The van der Waals surface area contributed by atoms with Crippen LogP contribution in [0.15, 0.2) is 0 Å². The predicted octanol–water partition coefficient (Wildman–Crippen LogP) is 1.63. The average Bonchev–Trinajstić information content (AvgIpc) is 2.28. The molecule has 0 bridgehead atoms. The number of carbonyl (C=O) groups is 1. The second-order valence-electron chi connectivity index (χ2n) is 4.49.